The van der Waals surface area contributed by atoms with Crippen LogP contribution in [0.2, 0.25) is 0 Å². The van der Waals surface area contributed by atoms with E-state index in [2.05, 4.69) is 0 Å². The molecule has 5 heteroatoms. The largest absolute Gasteiger partial charge is 0.330 e. The first-order valence-corrected chi connectivity index (χ1v) is 5.46. The highest BCUT2D eigenvalue weighted by molar-refractivity contribution is 6.05. The highest BCUT2D eigenvalue weighted by atomic mass is 35.5. The Hall–Kier alpha value is -0.870. The fraction of sp³-hybridized carbons (Fsp3) is 0.636. The molecule has 2 unspecified atom stereocenters. The van der Waals surface area contributed by atoms with Crippen LogP contribution in [0.4, 0.5) is 0 Å². The van der Waals surface area contributed by atoms with E-state index in [1.807, 2.05) is 12.2 Å². The van der Waals surface area contributed by atoms with Crippen molar-refractivity contribution in [1.29, 1.82) is 0 Å². The summed E-state index contributed by atoms with van der Waals surface area (Å²) in [7, 11) is 0. The van der Waals surface area contributed by atoms with Crippen LogP contribution in [-0.2, 0) is 9.59 Å². The van der Waals surface area contributed by atoms with Gasteiger partial charge in [0.15, 0.2) is 0 Å². The molecule has 0 aromatic carbocycles. The van der Waals surface area contributed by atoms with Gasteiger partial charge in [-0.3, -0.25) is 14.5 Å². The minimum atomic E-state index is -0.0970. The third kappa shape index (κ3) is 2.13. The van der Waals surface area contributed by atoms with Crippen molar-refractivity contribution < 1.29 is 9.59 Å². The second-order valence-electron chi connectivity index (χ2n) is 4.13. The predicted molar refractivity (Wildman–Crippen MR) is 63.0 cm³/mol. The van der Waals surface area contributed by atoms with Gasteiger partial charge < -0.3 is 5.73 Å². The summed E-state index contributed by atoms with van der Waals surface area (Å²) in [5.41, 5.74) is 5.38. The zero-order valence-electron chi connectivity index (χ0n) is 9.09. The number of fused-ring (bicyclic) bond motifs is 1. The average molecular weight is 245 g/mol. The van der Waals surface area contributed by atoms with Gasteiger partial charge in [-0.25, -0.2) is 0 Å². The molecule has 2 amide bonds. The van der Waals surface area contributed by atoms with Crippen molar-refractivity contribution in [3.8, 4) is 0 Å². The van der Waals surface area contributed by atoms with Crippen LogP contribution in [0.15, 0.2) is 12.2 Å². The third-order valence-corrected chi connectivity index (χ3v) is 3.18. The van der Waals surface area contributed by atoms with Gasteiger partial charge in [0.25, 0.3) is 0 Å². The van der Waals surface area contributed by atoms with E-state index < -0.39 is 0 Å². The third-order valence-electron chi connectivity index (χ3n) is 3.18. The van der Waals surface area contributed by atoms with E-state index in [1.54, 1.807) is 0 Å². The zero-order valence-corrected chi connectivity index (χ0v) is 9.91. The molecule has 1 saturated heterocycles. The Balaban J connectivity index is 0.00000128. The Labute approximate surface area is 101 Å². The average Bonchev–Trinajstić information content (AvgIpc) is 2.51. The van der Waals surface area contributed by atoms with Crippen molar-refractivity contribution in [3.63, 3.8) is 0 Å². The number of allylic oxidation sites excluding steroid dienone is 2. The molecule has 0 bridgehead atoms. The minimum absolute atomic E-state index is 0. The quantitative estimate of drug-likeness (QED) is 0.588. The van der Waals surface area contributed by atoms with Gasteiger partial charge in [-0.15, -0.1) is 12.4 Å². The maximum absolute atomic E-state index is 11.9. The van der Waals surface area contributed by atoms with Crippen LogP contribution < -0.4 is 5.73 Å². The Morgan fingerprint density at radius 1 is 1.19 bits per heavy atom. The highest BCUT2D eigenvalue weighted by Gasteiger charge is 2.46. The van der Waals surface area contributed by atoms with Gasteiger partial charge in [-0.05, 0) is 25.8 Å². The van der Waals surface area contributed by atoms with Crippen molar-refractivity contribution >= 4 is 24.2 Å². The van der Waals surface area contributed by atoms with Gasteiger partial charge in [-0.1, -0.05) is 12.2 Å². The molecule has 90 valence electrons. The summed E-state index contributed by atoms with van der Waals surface area (Å²) in [6, 6.07) is 0. The SMILES string of the molecule is Cl.NCCCN1C(=O)C2CC=CCC2C1=O. The smallest absolute Gasteiger partial charge is 0.233 e. The number of hydrogen-bond acceptors (Lipinski definition) is 3. The van der Waals surface area contributed by atoms with Gasteiger partial charge in [0.2, 0.25) is 11.8 Å². The fourth-order valence-corrected chi connectivity index (χ4v) is 2.34. The topological polar surface area (TPSA) is 63.4 Å². The van der Waals surface area contributed by atoms with Crippen LogP contribution in [0.25, 0.3) is 0 Å². The lowest BCUT2D eigenvalue weighted by Gasteiger charge is -2.14. The van der Waals surface area contributed by atoms with Crippen LogP contribution in [-0.4, -0.2) is 29.8 Å². The molecule has 2 rings (SSSR count). The summed E-state index contributed by atoms with van der Waals surface area (Å²) in [6.45, 7) is 1.01. The standard InChI is InChI=1S/C11H16N2O2.ClH/c12-6-3-7-13-10(14)8-4-1-2-5-9(8)11(13)15;/h1-2,8-9H,3-7,12H2;1H. The van der Waals surface area contributed by atoms with E-state index in [-0.39, 0.29) is 36.1 Å². The molecule has 0 radical (unpaired) electrons. The summed E-state index contributed by atoms with van der Waals surface area (Å²) in [5, 5.41) is 0. The second-order valence-corrected chi connectivity index (χ2v) is 4.13. The molecule has 1 heterocycles. The number of amides is 2. The monoisotopic (exact) mass is 244 g/mol. The lowest BCUT2D eigenvalue weighted by Crippen LogP contribution is -2.33. The number of imide groups is 1. The van der Waals surface area contributed by atoms with Crippen molar-refractivity contribution in [2.75, 3.05) is 13.1 Å². The first-order valence-electron chi connectivity index (χ1n) is 5.46. The summed E-state index contributed by atoms with van der Waals surface area (Å²) in [6.07, 6.45) is 6.13. The van der Waals surface area contributed by atoms with E-state index in [9.17, 15) is 9.59 Å². The number of carbonyl (C=O) groups excluding carboxylic acids is 2. The molecule has 0 aromatic heterocycles. The maximum atomic E-state index is 11.9. The van der Waals surface area contributed by atoms with Crippen molar-refractivity contribution in [2.24, 2.45) is 17.6 Å². The molecule has 0 aromatic rings. The van der Waals surface area contributed by atoms with Gasteiger partial charge in [-0.2, -0.15) is 0 Å². The molecule has 0 saturated carbocycles. The van der Waals surface area contributed by atoms with Crippen LogP contribution >= 0.6 is 12.4 Å². The number of hydrogen-bond donors (Lipinski definition) is 1. The molecule has 16 heavy (non-hydrogen) atoms. The van der Waals surface area contributed by atoms with E-state index >= 15 is 0 Å². The first-order chi connectivity index (χ1) is 7.25. The van der Waals surface area contributed by atoms with Crippen molar-refractivity contribution in [2.45, 2.75) is 19.3 Å². The highest BCUT2D eigenvalue weighted by Crippen LogP contribution is 2.34. The molecule has 1 aliphatic carbocycles. The summed E-state index contributed by atoms with van der Waals surface area (Å²) >= 11 is 0. The van der Waals surface area contributed by atoms with Crippen LogP contribution in [0.1, 0.15) is 19.3 Å². The second kappa shape index (κ2) is 5.46. The van der Waals surface area contributed by atoms with Gasteiger partial charge in [0, 0.05) is 6.54 Å². The summed E-state index contributed by atoms with van der Waals surface area (Å²) in [4.78, 5) is 25.2. The molecule has 1 fully saturated rings. The van der Waals surface area contributed by atoms with Crippen LogP contribution in [0, 0.1) is 11.8 Å². The molecule has 1 aliphatic heterocycles. The lowest BCUT2D eigenvalue weighted by molar-refractivity contribution is -0.139. The fourth-order valence-electron chi connectivity index (χ4n) is 2.34. The van der Waals surface area contributed by atoms with Gasteiger partial charge in [0.05, 0.1) is 11.8 Å². The minimum Gasteiger partial charge on any atom is -0.330 e. The molecule has 0 spiro atoms. The van der Waals surface area contributed by atoms with E-state index in [0.29, 0.717) is 32.4 Å². The molecule has 4 nitrogen and oxygen atoms in total. The van der Waals surface area contributed by atoms with E-state index in [4.69, 9.17) is 5.73 Å². The number of nitrogens with two attached hydrogens (primary N) is 1. The first kappa shape index (κ1) is 13.2. The van der Waals surface area contributed by atoms with Crippen molar-refractivity contribution in [1.82, 2.24) is 4.90 Å². The van der Waals surface area contributed by atoms with E-state index in [0.717, 1.165) is 0 Å². The number of nitrogens with zero attached hydrogens (tertiary/aromatic N) is 1. The van der Waals surface area contributed by atoms with E-state index in [1.165, 1.54) is 4.90 Å². The number of rotatable bonds is 3. The maximum Gasteiger partial charge on any atom is 0.233 e. The molecular formula is C11H17ClN2O2. The Morgan fingerprint density at radius 2 is 1.69 bits per heavy atom. The molecule has 2 atom stereocenters. The zero-order chi connectivity index (χ0) is 10.8. The van der Waals surface area contributed by atoms with Gasteiger partial charge >= 0.3 is 0 Å². The molecule has 2 aliphatic rings. The normalized spacial score (nSPS) is 27.9. The molecular weight excluding hydrogens is 228 g/mol. The molecule has 2 N–H and O–H groups in total. The Kier molecular flexibility index (Phi) is 4.50. The number of halogens is 1. The Morgan fingerprint density at radius 3 is 2.12 bits per heavy atom. The number of carbonyl (C=O) groups is 2. The van der Waals surface area contributed by atoms with Crippen LogP contribution in [0.5, 0.6) is 0 Å². The predicted octanol–water partition coefficient (Wildman–Crippen LogP) is 0.708. The summed E-state index contributed by atoms with van der Waals surface area (Å²) in [5.74, 6) is -0.189. The van der Waals surface area contributed by atoms with Gasteiger partial charge in [0.1, 0.15) is 0 Å². The lowest BCUT2D eigenvalue weighted by atomic mass is 9.85. The number of likely N-dealkylation sites (tertiary alicyclic amines) is 1. The van der Waals surface area contributed by atoms with Crippen LogP contribution in [0.3, 0.4) is 0 Å². The summed E-state index contributed by atoms with van der Waals surface area (Å²) < 4.78 is 0. The Bertz CT molecular complexity index is 291. The van der Waals surface area contributed by atoms with Crippen molar-refractivity contribution in [3.05, 3.63) is 12.2 Å².